The monoisotopic (exact) mass is 324 g/mol. The van der Waals surface area contributed by atoms with Gasteiger partial charge in [0.15, 0.2) is 0 Å². The minimum absolute atomic E-state index is 0.0922. The Labute approximate surface area is 141 Å². The van der Waals surface area contributed by atoms with Crippen LogP contribution in [0.1, 0.15) is 44.1 Å². The summed E-state index contributed by atoms with van der Waals surface area (Å²) in [5.41, 5.74) is 1.21. The molecular formula is C18H20N4O2. The molecule has 0 spiro atoms. The van der Waals surface area contributed by atoms with Crippen LogP contribution in [0.3, 0.4) is 0 Å². The topological polar surface area (TPSA) is 85.6 Å². The summed E-state index contributed by atoms with van der Waals surface area (Å²) in [5.74, 6) is -0.397. The minimum atomic E-state index is -0.702. The smallest absolute Gasteiger partial charge is 0.243 e. The van der Waals surface area contributed by atoms with Crippen molar-refractivity contribution in [3.8, 4) is 6.07 Å². The SMILES string of the molecule is N#CC1(NC(=O)CCC(=O)N2CCC(c3ccccc3)=N2)CCC1. The molecule has 2 aliphatic rings. The van der Waals surface area contributed by atoms with Crippen molar-refractivity contribution in [2.24, 2.45) is 5.10 Å². The third-order valence-electron chi connectivity index (χ3n) is 4.56. The highest BCUT2D eigenvalue weighted by Gasteiger charge is 2.38. The molecule has 0 saturated heterocycles. The van der Waals surface area contributed by atoms with Gasteiger partial charge in [0.05, 0.1) is 18.3 Å². The number of rotatable bonds is 5. The van der Waals surface area contributed by atoms with E-state index in [1.165, 1.54) is 5.01 Å². The van der Waals surface area contributed by atoms with Crippen LogP contribution in [-0.4, -0.2) is 34.6 Å². The molecule has 6 nitrogen and oxygen atoms in total. The molecule has 2 amide bonds. The second kappa shape index (κ2) is 6.83. The molecule has 0 bridgehead atoms. The molecule has 1 aromatic rings. The van der Waals surface area contributed by atoms with Gasteiger partial charge in [-0.2, -0.15) is 10.4 Å². The first-order chi connectivity index (χ1) is 11.6. The van der Waals surface area contributed by atoms with E-state index in [0.29, 0.717) is 19.4 Å². The number of carbonyl (C=O) groups is 2. The highest BCUT2D eigenvalue weighted by molar-refractivity contribution is 6.02. The Hall–Kier alpha value is -2.68. The lowest BCUT2D eigenvalue weighted by atomic mass is 9.78. The predicted molar refractivity (Wildman–Crippen MR) is 88.9 cm³/mol. The van der Waals surface area contributed by atoms with Gasteiger partial charge in [0.25, 0.3) is 0 Å². The number of amides is 2. The van der Waals surface area contributed by atoms with Gasteiger partial charge in [-0.3, -0.25) is 9.59 Å². The Kier molecular flexibility index (Phi) is 4.61. The summed E-state index contributed by atoms with van der Waals surface area (Å²) in [7, 11) is 0. The molecule has 1 saturated carbocycles. The van der Waals surface area contributed by atoms with E-state index < -0.39 is 5.54 Å². The summed E-state index contributed by atoms with van der Waals surface area (Å²) in [5, 5.41) is 17.7. The van der Waals surface area contributed by atoms with Gasteiger partial charge in [-0.25, -0.2) is 5.01 Å². The van der Waals surface area contributed by atoms with Gasteiger partial charge in [-0.1, -0.05) is 30.3 Å². The summed E-state index contributed by atoms with van der Waals surface area (Å²) < 4.78 is 0. The van der Waals surface area contributed by atoms with Crippen molar-refractivity contribution in [2.45, 2.75) is 44.1 Å². The third-order valence-corrected chi connectivity index (χ3v) is 4.56. The van der Waals surface area contributed by atoms with Gasteiger partial charge in [0, 0.05) is 19.3 Å². The fourth-order valence-corrected chi connectivity index (χ4v) is 2.94. The second-order valence-corrected chi connectivity index (χ2v) is 6.28. The first-order valence-electron chi connectivity index (χ1n) is 8.27. The number of hydrogen-bond donors (Lipinski definition) is 1. The lowest BCUT2D eigenvalue weighted by Gasteiger charge is -2.35. The van der Waals surface area contributed by atoms with Crippen molar-refractivity contribution in [3.05, 3.63) is 35.9 Å². The maximum Gasteiger partial charge on any atom is 0.243 e. The van der Waals surface area contributed by atoms with Gasteiger partial charge >= 0.3 is 0 Å². The quantitative estimate of drug-likeness (QED) is 0.898. The standard InChI is InChI=1S/C18H20N4O2/c19-13-18(10-4-11-18)20-16(23)7-8-17(24)22-12-9-15(21-22)14-5-2-1-3-6-14/h1-3,5-6H,4,7-12H2,(H,20,23). The molecule has 6 heteroatoms. The molecule has 1 aliphatic carbocycles. The molecule has 0 radical (unpaired) electrons. The summed E-state index contributed by atoms with van der Waals surface area (Å²) in [6.07, 6.45) is 3.27. The first kappa shape index (κ1) is 16.2. The summed E-state index contributed by atoms with van der Waals surface area (Å²) >= 11 is 0. The third kappa shape index (κ3) is 3.46. The zero-order valence-corrected chi connectivity index (χ0v) is 13.5. The zero-order chi connectivity index (χ0) is 17.0. The lowest BCUT2D eigenvalue weighted by Crippen LogP contribution is -2.52. The van der Waals surface area contributed by atoms with Crippen LogP contribution in [0.2, 0.25) is 0 Å². The maximum absolute atomic E-state index is 12.2. The Bertz CT molecular complexity index is 701. The van der Waals surface area contributed by atoms with Gasteiger partial charge in [-0.05, 0) is 24.8 Å². The average molecular weight is 324 g/mol. The van der Waals surface area contributed by atoms with E-state index in [9.17, 15) is 9.59 Å². The molecule has 1 fully saturated rings. The molecule has 1 heterocycles. The molecule has 0 atom stereocenters. The van der Waals surface area contributed by atoms with Crippen molar-refractivity contribution >= 4 is 17.5 Å². The number of nitrogens with zero attached hydrogens (tertiary/aromatic N) is 3. The minimum Gasteiger partial charge on any atom is -0.338 e. The number of carbonyl (C=O) groups excluding carboxylic acids is 2. The first-order valence-corrected chi connectivity index (χ1v) is 8.27. The van der Waals surface area contributed by atoms with Crippen LogP contribution in [0.15, 0.2) is 35.4 Å². The molecule has 1 aromatic carbocycles. The summed E-state index contributed by atoms with van der Waals surface area (Å²) in [6.45, 7) is 0.548. The van der Waals surface area contributed by atoms with E-state index in [-0.39, 0.29) is 24.7 Å². The largest absolute Gasteiger partial charge is 0.338 e. The van der Waals surface area contributed by atoms with Crippen molar-refractivity contribution in [1.29, 1.82) is 5.26 Å². The van der Waals surface area contributed by atoms with Crippen molar-refractivity contribution < 1.29 is 9.59 Å². The summed E-state index contributed by atoms with van der Waals surface area (Å²) in [4.78, 5) is 24.2. The number of nitriles is 1. The normalized spacial score (nSPS) is 18.3. The van der Waals surface area contributed by atoms with Crippen LogP contribution in [0.5, 0.6) is 0 Å². The van der Waals surface area contributed by atoms with E-state index in [2.05, 4.69) is 16.5 Å². The van der Waals surface area contributed by atoms with Crippen LogP contribution in [0.25, 0.3) is 0 Å². The highest BCUT2D eigenvalue weighted by atomic mass is 16.2. The van der Waals surface area contributed by atoms with Gasteiger partial charge in [0.1, 0.15) is 5.54 Å². The molecule has 3 rings (SSSR count). The van der Waals surface area contributed by atoms with E-state index in [1.54, 1.807) is 0 Å². The van der Waals surface area contributed by atoms with Crippen LogP contribution in [0.4, 0.5) is 0 Å². The van der Waals surface area contributed by atoms with Crippen molar-refractivity contribution in [1.82, 2.24) is 10.3 Å². The van der Waals surface area contributed by atoms with Crippen molar-refractivity contribution in [3.63, 3.8) is 0 Å². The number of hydrogen-bond acceptors (Lipinski definition) is 4. The second-order valence-electron chi connectivity index (χ2n) is 6.28. The zero-order valence-electron chi connectivity index (χ0n) is 13.5. The van der Waals surface area contributed by atoms with E-state index >= 15 is 0 Å². The highest BCUT2D eigenvalue weighted by Crippen LogP contribution is 2.31. The number of hydrazone groups is 1. The summed E-state index contributed by atoms with van der Waals surface area (Å²) in [6, 6.07) is 11.9. The van der Waals surface area contributed by atoms with Gasteiger partial charge in [-0.15, -0.1) is 0 Å². The molecule has 24 heavy (non-hydrogen) atoms. The predicted octanol–water partition coefficient (Wildman–Crippen LogP) is 1.97. The number of nitrogens with one attached hydrogen (secondary N) is 1. The lowest BCUT2D eigenvalue weighted by molar-refractivity contribution is -0.133. The van der Waals surface area contributed by atoms with E-state index in [0.717, 1.165) is 24.1 Å². The van der Waals surface area contributed by atoms with Crippen LogP contribution >= 0.6 is 0 Å². The molecule has 124 valence electrons. The fourth-order valence-electron chi connectivity index (χ4n) is 2.94. The number of benzene rings is 1. The Morgan fingerprint density at radius 2 is 2.00 bits per heavy atom. The van der Waals surface area contributed by atoms with Crippen LogP contribution in [-0.2, 0) is 9.59 Å². The Morgan fingerprint density at radius 1 is 1.25 bits per heavy atom. The van der Waals surface area contributed by atoms with Crippen LogP contribution in [0, 0.1) is 11.3 Å². The Morgan fingerprint density at radius 3 is 2.62 bits per heavy atom. The average Bonchev–Trinajstić information content (AvgIpc) is 3.07. The molecule has 0 aromatic heterocycles. The maximum atomic E-state index is 12.2. The van der Waals surface area contributed by atoms with E-state index in [1.807, 2.05) is 30.3 Å². The van der Waals surface area contributed by atoms with Crippen LogP contribution < -0.4 is 5.32 Å². The molecule has 1 N–H and O–H groups in total. The Balaban J connectivity index is 1.50. The molecule has 0 unspecified atom stereocenters. The van der Waals surface area contributed by atoms with Gasteiger partial charge < -0.3 is 5.32 Å². The van der Waals surface area contributed by atoms with Gasteiger partial charge in [0.2, 0.25) is 11.8 Å². The van der Waals surface area contributed by atoms with E-state index in [4.69, 9.17) is 5.26 Å². The molecule has 1 aliphatic heterocycles. The fraction of sp³-hybridized carbons (Fsp3) is 0.444. The van der Waals surface area contributed by atoms with Crippen molar-refractivity contribution in [2.75, 3.05) is 6.54 Å². The molecular weight excluding hydrogens is 304 g/mol.